The second kappa shape index (κ2) is 11.9. The van der Waals surface area contributed by atoms with Crippen molar-refractivity contribution in [3.8, 4) is 11.4 Å². The highest BCUT2D eigenvalue weighted by Gasteiger charge is 2.22. The largest absolute Gasteiger partial charge is 0.377 e. The molecule has 2 N–H and O–H groups in total. The Kier molecular flexibility index (Phi) is 8.41. The quantitative estimate of drug-likeness (QED) is 0.295. The molecule has 5 rings (SSSR count). The molecule has 1 atom stereocenters. The summed E-state index contributed by atoms with van der Waals surface area (Å²) in [7, 11) is -0.0420. The molecule has 0 bridgehead atoms. The molecule has 43 heavy (non-hydrogen) atoms. The summed E-state index contributed by atoms with van der Waals surface area (Å²) in [5.74, 6) is 0.424. The molecule has 1 amide bonds. The van der Waals surface area contributed by atoms with Gasteiger partial charge in [0.25, 0.3) is 11.5 Å². The molecular formula is C29H33ClN8O4S. The third kappa shape index (κ3) is 6.63. The van der Waals surface area contributed by atoms with Crippen LogP contribution in [0.2, 0.25) is 5.15 Å². The van der Waals surface area contributed by atoms with E-state index in [0.29, 0.717) is 27.9 Å². The molecular weight excluding hydrogens is 592 g/mol. The summed E-state index contributed by atoms with van der Waals surface area (Å²) in [5.41, 5.74) is 2.63. The van der Waals surface area contributed by atoms with Crippen molar-refractivity contribution in [2.24, 2.45) is 7.05 Å². The highest BCUT2D eigenvalue weighted by Crippen LogP contribution is 2.30. The van der Waals surface area contributed by atoms with Gasteiger partial charge >= 0.3 is 0 Å². The van der Waals surface area contributed by atoms with Crippen molar-refractivity contribution in [3.63, 3.8) is 0 Å². The molecule has 0 aliphatic carbocycles. The number of hydrogen-bond donors (Lipinski definition) is 2. The monoisotopic (exact) mass is 624 g/mol. The molecule has 1 aromatic carbocycles. The average Bonchev–Trinajstić information content (AvgIpc) is 2.95. The molecule has 3 aromatic heterocycles. The number of hydrogen-bond acceptors (Lipinski definition) is 10. The molecule has 0 saturated carbocycles. The number of fused-ring (bicyclic) bond motifs is 1. The lowest BCUT2D eigenvalue weighted by molar-refractivity contribution is 0.0977. The third-order valence-corrected chi connectivity index (χ3v) is 8.15. The number of benzene rings is 1. The smallest absolute Gasteiger partial charge is 0.285 e. The Labute approximate surface area is 254 Å². The van der Waals surface area contributed by atoms with E-state index in [-0.39, 0.29) is 22.1 Å². The molecule has 0 spiro atoms. The predicted molar refractivity (Wildman–Crippen MR) is 168 cm³/mol. The third-order valence-electron chi connectivity index (χ3n) is 7.38. The topological polar surface area (TPSA) is 142 Å². The number of nitrogens with one attached hydrogen (secondary N) is 2. The Morgan fingerprint density at radius 2 is 1.77 bits per heavy atom. The van der Waals surface area contributed by atoms with Gasteiger partial charge in [0.15, 0.2) is 5.69 Å². The minimum atomic E-state index is -3.83. The first-order valence-corrected chi connectivity index (χ1v) is 15.9. The standard InChI is InChI=1S/C29H33ClN8O4S/c1-17-14-20(18(2)32-22-7-8-23(30)33-26(22)28(39)35-43(5,41)42)25-21(15-17)29(40)37(4)27(34-25)19-6-9-24(31-16-19)38-12-10-36(3)11-13-38/h6-9,14-16,18,32H,10-13H2,1-5H3,(H,35,39)/t18-/m1/s1. The van der Waals surface area contributed by atoms with Gasteiger partial charge in [-0.25, -0.2) is 28.1 Å². The van der Waals surface area contributed by atoms with Gasteiger partial charge in [-0.3, -0.25) is 14.2 Å². The molecule has 226 valence electrons. The van der Waals surface area contributed by atoms with E-state index < -0.39 is 22.0 Å². The minimum Gasteiger partial charge on any atom is -0.377 e. The zero-order chi connectivity index (χ0) is 31.1. The van der Waals surface area contributed by atoms with Crippen molar-refractivity contribution in [1.29, 1.82) is 0 Å². The first-order valence-electron chi connectivity index (χ1n) is 13.7. The fourth-order valence-corrected chi connectivity index (χ4v) is 5.72. The number of pyridine rings is 2. The van der Waals surface area contributed by atoms with Gasteiger partial charge in [0.1, 0.15) is 16.8 Å². The van der Waals surface area contributed by atoms with Crippen molar-refractivity contribution in [2.75, 3.05) is 49.7 Å². The van der Waals surface area contributed by atoms with Crippen LogP contribution in [-0.4, -0.2) is 78.2 Å². The Balaban J connectivity index is 1.53. The maximum absolute atomic E-state index is 13.6. The average molecular weight is 625 g/mol. The number of anilines is 2. The minimum absolute atomic E-state index is 0.0277. The van der Waals surface area contributed by atoms with Crippen LogP contribution in [0.25, 0.3) is 22.3 Å². The maximum Gasteiger partial charge on any atom is 0.285 e. The number of halogens is 1. The molecule has 0 unspecified atom stereocenters. The Bertz CT molecular complexity index is 1870. The van der Waals surface area contributed by atoms with Crippen molar-refractivity contribution < 1.29 is 13.2 Å². The van der Waals surface area contributed by atoms with Gasteiger partial charge in [0.2, 0.25) is 10.0 Å². The van der Waals surface area contributed by atoms with E-state index >= 15 is 0 Å². The lowest BCUT2D eigenvalue weighted by Crippen LogP contribution is -2.44. The number of carbonyl (C=O) groups excluding carboxylic acids is 1. The molecule has 0 radical (unpaired) electrons. The van der Waals surface area contributed by atoms with Gasteiger partial charge in [0, 0.05) is 50.6 Å². The van der Waals surface area contributed by atoms with Gasteiger partial charge in [0.05, 0.1) is 28.9 Å². The molecule has 1 saturated heterocycles. The molecule has 1 fully saturated rings. The zero-order valence-electron chi connectivity index (χ0n) is 24.5. The van der Waals surface area contributed by atoms with Gasteiger partial charge in [-0.15, -0.1) is 0 Å². The molecule has 1 aliphatic heterocycles. The number of aryl methyl sites for hydroxylation is 1. The van der Waals surface area contributed by atoms with Crippen LogP contribution in [0.3, 0.4) is 0 Å². The summed E-state index contributed by atoms with van der Waals surface area (Å²) < 4.78 is 26.8. The van der Waals surface area contributed by atoms with E-state index in [0.717, 1.165) is 43.8 Å². The number of rotatable bonds is 7. The maximum atomic E-state index is 13.6. The van der Waals surface area contributed by atoms with E-state index in [2.05, 4.69) is 32.1 Å². The summed E-state index contributed by atoms with van der Waals surface area (Å²) in [4.78, 5) is 44.5. The van der Waals surface area contributed by atoms with Crippen molar-refractivity contribution in [3.05, 3.63) is 74.9 Å². The van der Waals surface area contributed by atoms with Crippen LogP contribution in [0.5, 0.6) is 0 Å². The Morgan fingerprint density at radius 3 is 2.42 bits per heavy atom. The number of nitrogens with zero attached hydrogens (tertiary/aromatic N) is 6. The van der Waals surface area contributed by atoms with E-state index in [1.807, 2.05) is 36.8 Å². The number of amides is 1. The van der Waals surface area contributed by atoms with E-state index in [9.17, 15) is 18.0 Å². The van der Waals surface area contributed by atoms with Crippen LogP contribution in [0.1, 0.15) is 34.6 Å². The fourth-order valence-electron chi connectivity index (χ4n) is 5.13. The molecule has 4 heterocycles. The lowest BCUT2D eigenvalue weighted by Gasteiger charge is -2.33. The zero-order valence-corrected chi connectivity index (χ0v) is 26.1. The summed E-state index contributed by atoms with van der Waals surface area (Å²) in [6.45, 7) is 7.46. The molecule has 14 heteroatoms. The second-order valence-corrected chi connectivity index (χ2v) is 13.0. The van der Waals surface area contributed by atoms with E-state index in [1.54, 1.807) is 25.4 Å². The first kappa shape index (κ1) is 30.4. The highest BCUT2D eigenvalue weighted by atomic mass is 35.5. The second-order valence-electron chi connectivity index (χ2n) is 10.8. The summed E-state index contributed by atoms with van der Waals surface area (Å²) >= 11 is 6.03. The van der Waals surface area contributed by atoms with Crippen molar-refractivity contribution in [2.45, 2.75) is 19.9 Å². The summed E-state index contributed by atoms with van der Waals surface area (Å²) in [6.07, 6.45) is 2.62. The first-order chi connectivity index (χ1) is 20.3. The summed E-state index contributed by atoms with van der Waals surface area (Å²) in [6, 6.07) is 10.2. The normalized spacial score (nSPS) is 15.0. The van der Waals surface area contributed by atoms with Crippen molar-refractivity contribution >= 4 is 49.9 Å². The van der Waals surface area contributed by atoms with Crippen LogP contribution in [0.4, 0.5) is 11.5 Å². The number of piperazine rings is 1. The van der Waals surface area contributed by atoms with E-state index in [4.69, 9.17) is 16.6 Å². The molecule has 12 nitrogen and oxygen atoms in total. The van der Waals surface area contributed by atoms with Crippen LogP contribution in [-0.2, 0) is 17.1 Å². The summed E-state index contributed by atoms with van der Waals surface area (Å²) in [5, 5.41) is 3.71. The number of carbonyl (C=O) groups is 1. The number of sulfonamides is 1. The van der Waals surface area contributed by atoms with Gasteiger partial charge < -0.3 is 15.1 Å². The van der Waals surface area contributed by atoms with Gasteiger partial charge in [-0.1, -0.05) is 17.7 Å². The van der Waals surface area contributed by atoms with Crippen LogP contribution < -0.4 is 20.5 Å². The number of aromatic nitrogens is 4. The van der Waals surface area contributed by atoms with Gasteiger partial charge in [-0.05, 0) is 56.8 Å². The predicted octanol–water partition coefficient (Wildman–Crippen LogP) is 2.97. The molecule has 4 aromatic rings. The van der Waals surface area contributed by atoms with Gasteiger partial charge in [-0.2, -0.15) is 0 Å². The fraction of sp³-hybridized carbons (Fsp3) is 0.345. The number of likely N-dealkylation sites (N-methyl/N-ethyl adjacent to an activating group) is 1. The molecule has 1 aliphatic rings. The van der Waals surface area contributed by atoms with E-state index in [1.165, 1.54) is 10.6 Å². The highest BCUT2D eigenvalue weighted by molar-refractivity contribution is 7.89. The van der Waals surface area contributed by atoms with Crippen molar-refractivity contribution in [1.82, 2.24) is 29.1 Å². The van der Waals surface area contributed by atoms with Crippen LogP contribution in [0, 0.1) is 6.92 Å². The Morgan fingerprint density at radius 1 is 1.05 bits per heavy atom. The van der Waals surface area contributed by atoms with Crippen LogP contribution >= 0.6 is 11.6 Å². The Hall–Kier alpha value is -4.07. The van der Waals surface area contributed by atoms with Crippen LogP contribution in [0.15, 0.2) is 47.4 Å². The SMILES string of the molecule is Cc1cc([C@@H](C)Nc2ccc(Cl)nc2C(=O)NS(C)(=O)=O)c2nc(-c3ccc(N4CCN(C)CC4)nc3)n(C)c(=O)c2c1. The lowest BCUT2D eigenvalue weighted by atomic mass is 10.0.